The molecule has 0 amide bonds. The van der Waals surface area contributed by atoms with Crippen molar-refractivity contribution in [3.8, 4) is 0 Å². The maximum Gasteiger partial charge on any atom is -1.00 e. The molecule has 139 valence electrons. The van der Waals surface area contributed by atoms with Gasteiger partial charge in [0.25, 0.3) is 0 Å². The van der Waals surface area contributed by atoms with Crippen molar-refractivity contribution in [1.29, 1.82) is 0 Å². The molecule has 1 atom stereocenters. The van der Waals surface area contributed by atoms with E-state index in [4.69, 9.17) is 0 Å². The zero-order valence-electron chi connectivity index (χ0n) is 16.8. The van der Waals surface area contributed by atoms with Gasteiger partial charge in [0.1, 0.15) is 0 Å². The van der Waals surface area contributed by atoms with Gasteiger partial charge in [-0.2, -0.15) is 0 Å². The Morgan fingerprint density at radius 3 is 2.00 bits per heavy atom. The van der Waals surface area contributed by atoms with Gasteiger partial charge in [-0.15, -0.1) is 0 Å². The zero-order valence-corrected chi connectivity index (χ0v) is 21.9. The van der Waals surface area contributed by atoms with E-state index in [1.165, 1.54) is 11.3 Å². The minimum atomic E-state index is -1.81. The molecule has 2 rings (SSSR count). The van der Waals surface area contributed by atoms with Crippen molar-refractivity contribution in [2.24, 2.45) is 5.92 Å². The standard InChI is InChI=1S/C9H12N.C9H13.C2H7Si.2ClH.Zr/c1-7(2)8-5-3-4-6-9(8)10;1-6-5-7(2)9(4)8(6)3;1-3-2;;;/h3-7,10H,1-2H3;6H,1-4H3;3H,1-2H3;2*1H;/q-1;;;;;+3/p-2. The Morgan fingerprint density at radius 2 is 1.56 bits per heavy atom. The summed E-state index contributed by atoms with van der Waals surface area (Å²) < 4.78 is 5.98. The van der Waals surface area contributed by atoms with Crippen molar-refractivity contribution in [1.82, 2.24) is 0 Å². The number of para-hydroxylation sites is 1. The zero-order chi connectivity index (χ0) is 17.3. The molecular weight excluding hydrogens is 444 g/mol. The third-order valence-corrected chi connectivity index (χ3v) is 22.5. The van der Waals surface area contributed by atoms with Crippen molar-refractivity contribution in [3.63, 3.8) is 0 Å². The fraction of sp³-hybridized carbons (Fsp3) is 0.500. The normalized spacial score (nSPS) is 17.0. The van der Waals surface area contributed by atoms with Crippen LogP contribution in [0.5, 0.6) is 0 Å². The van der Waals surface area contributed by atoms with Gasteiger partial charge in [0.15, 0.2) is 0 Å². The summed E-state index contributed by atoms with van der Waals surface area (Å²) in [5.41, 5.74) is 7.65. The first-order valence-corrected chi connectivity index (χ1v) is 18.5. The minimum Gasteiger partial charge on any atom is -1.00 e. The monoisotopic (exact) mass is 474 g/mol. The molecule has 1 nitrogen and oxygen atoms in total. The molecule has 1 N–H and O–H groups in total. The van der Waals surface area contributed by atoms with Gasteiger partial charge in [0, 0.05) is 0 Å². The van der Waals surface area contributed by atoms with Crippen molar-refractivity contribution in [2.45, 2.75) is 60.6 Å². The van der Waals surface area contributed by atoms with Crippen LogP contribution >= 0.6 is 0 Å². The van der Waals surface area contributed by atoms with Crippen LogP contribution in [0.15, 0.2) is 44.3 Å². The van der Waals surface area contributed by atoms with E-state index in [1.807, 2.05) is 3.28 Å². The first-order valence-electron chi connectivity index (χ1n) is 8.87. The number of benzene rings is 1. The van der Waals surface area contributed by atoms with Gasteiger partial charge in [-0.3, -0.25) is 0 Å². The largest absolute Gasteiger partial charge is 1.00 e. The maximum absolute atomic E-state index is 4.15. The molecule has 1 aromatic rings. The van der Waals surface area contributed by atoms with Crippen LogP contribution < -0.4 is 28.1 Å². The van der Waals surface area contributed by atoms with E-state index < -0.39 is 27.1 Å². The summed E-state index contributed by atoms with van der Waals surface area (Å²) in [4.78, 5) is 0. The molecule has 0 aliphatic heterocycles. The Kier molecular flexibility index (Phi) is 10.6. The second-order valence-electron chi connectivity index (χ2n) is 7.50. The molecule has 0 radical (unpaired) electrons. The molecule has 0 aromatic heterocycles. The quantitative estimate of drug-likeness (QED) is 0.591. The number of allylic oxidation sites excluding steroid dienone is 4. The van der Waals surface area contributed by atoms with E-state index >= 15 is 0 Å². The van der Waals surface area contributed by atoms with Gasteiger partial charge in [-0.25, -0.2) is 0 Å². The molecule has 0 fully saturated rings. The van der Waals surface area contributed by atoms with Gasteiger partial charge in [0.2, 0.25) is 0 Å². The molecule has 1 aliphatic rings. The van der Waals surface area contributed by atoms with Crippen LogP contribution in [0.3, 0.4) is 0 Å². The van der Waals surface area contributed by atoms with Gasteiger partial charge in [0.05, 0.1) is 0 Å². The Hall–Kier alpha value is 0.180. The molecule has 0 heterocycles. The van der Waals surface area contributed by atoms with Crippen LogP contribution in [0.2, 0.25) is 13.1 Å². The van der Waals surface area contributed by atoms with Gasteiger partial charge in [-0.1, -0.05) is 0 Å². The Labute approximate surface area is 176 Å². The molecule has 5 heteroatoms. The van der Waals surface area contributed by atoms with Crippen LogP contribution in [0, 0.1) is 5.92 Å². The Balaban J connectivity index is 0.00000288. The van der Waals surface area contributed by atoms with Crippen molar-refractivity contribution in [3.05, 3.63) is 49.8 Å². The number of hydrogen-bond donors (Lipinski definition) is 1. The molecule has 0 spiro atoms. The van der Waals surface area contributed by atoms with E-state index in [9.17, 15) is 0 Å². The summed E-state index contributed by atoms with van der Waals surface area (Å²) in [6, 6.07) is 8.96. The first kappa shape index (κ1) is 25.2. The second-order valence-corrected chi connectivity index (χ2v) is 25.7. The van der Waals surface area contributed by atoms with E-state index in [0.717, 1.165) is 0 Å². The molecule has 0 bridgehead atoms. The molecule has 1 unspecified atom stereocenters. The van der Waals surface area contributed by atoms with E-state index in [-0.39, 0.29) is 24.8 Å². The second kappa shape index (κ2) is 10.5. The molecule has 1 aromatic carbocycles. The Bertz CT molecular complexity index is 653. The third-order valence-electron chi connectivity index (χ3n) is 5.36. The molecule has 1 aliphatic carbocycles. The van der Waals surface area contributed by atoms with Gasteiger partial charge in [-0.05, 0) is 0 Å². The maximum atomic E-state index is 4.15. The number of rotatable bonds is 5. The van der Waals surface area contributed by atoms with Crippen LogP contribution in [-0.2, 0) is 21.2 Å². The topological polar surface area (TPSA) is 12.0 Å². The first-order chi connectivity index (χ1) is 10.8. The van der Waals surface area contributed by atoms with E-state index in [0.29, 0.717) is 11.8 Å². The predicted octanol–water partition coefficient (Wildman–Crippen LogP) is 0.00660. The molecule has 0 saturated heterocycles. The number of halogens is 2. The molecular formula is C20H32Cl2NSiZr. The van der Waals surface area contributed by atoms with E-state index in [1.54, 1.807) is 16.7 Å². The summed E-state index contributed by atoms with van der Waals surface area (Å²) in [7, 11) is 0. The summed E-state index contributed by atoms with van der Waals surface area (Å²) in [5, 5.41) is 0. The minimum absolute atomic E-state index is 0. The fourth-order valence-electron chi connectivity index (χ4n) is 3.58. The molecule has 0 saturated carbocycles. The molecule has 25 heavy (non-hydrogen) atoms. The van der Waals surface area contributed by atoms with Crippen LogP contribution in [-0.4, -0.2) is 5.92 Å². The van der Waals surface area contributed by atoms with Gasteiger partial charge >= 0.3 is 152 Å². The summed E-state index contributed by atoms with van der Waals surface area (Å²) in [6.07, 6.45) is 0. The van der Waals surface area contributed by atoms with E-state index in [2.05, 4.69) is 82.2 Å². The number of nitrogens with one attached hydrogen (secondary N) is 1. The number of hydrogen-bond acceptors (Lipinski definition) is 1. The summed E-state index contributed by atoms with van der Waals surface area (Å²) in [6.45, 7) is 19.2. The van der Waals surface area contributed by atoms with Crippen molar-refractivity contribution in [2.75, 3.05) is 3.26 Å². The summed E-state index contributed by atoms with van der Waals surface area (Å²) in [5.74, 6) is 0.552. The third kappa shape index (κ3) is 5.34. The Morgan fingerprint density at radius 1 is 1.00 bits per heavy atom. The average Bonchev–Trinajstić information content (AvgIpc) is 2.69. The van der Waals surface area contributed by atoms with Crippen LogP contribution in [0.1, 0.15) is 53.0 Å². The summed E-state index contributed by atoms with van der Waals surface area (Å²) >= 11 is -1.81. The average molecular weight is 477 g/mol. The SMILES string of the molecule is CC1=C(C)C(C)[C]([Zr+2]([NH]c2ccccc2C(C)C)[SiH](C)C)=C1C.[Cl-].[Cl-]. The van der Waals surface area contributed by atoms with Crippen molar-refractivity contribution >= 4 is 11.6 Å². The van der Waals surface area contributed by atoms with Crippen LogP contribution in [0.25, 0.3) is 0 Å². The smallest absolute Gasteiger partial charge is 1.00 e. The van der Waals surface area contributed by atoms with Gasteiger partial charge < -0.3 is 24.8 Å². The fourth-order valence-corrected chi connectivity index (χ4v) is 19.6. The van der Waals surface area contributed by atoms with Crippen molar-refractivity contribution < 1.29 is 46.0 Å². The predicted molar refractivity (Wildman–Crippen MR) is 103 cm³/mol. The number of anilines is 1. The van der Waals surface area contributed by atoms with Crippen LogP contribution in [0.4, 0.5) is 5.69 Å².